The van der Waals surface area contributed by atoms with Crippen molar-refractivity contribution in [2.75, 3.05) is 0 Å². The Bertz CT molecular complexity index is 300. The Hall–Kier alpha value is -1.07. The van der Waals surface area contributed by atoms with Gasteiger partial charge in [-0.3, -0.25) is 4.79 Å². The van der Waals surface area contributed by atoms with Gasteiger partial charge in [0.05, 0.1) is 12.2 Å². The van der Waals surface area contributed by atoms with E-state index in [1.165, 1.54) is 6.20 Å². The quantitative estimate of drug-likeness (QED) is 0.769. The highest BCUT2D eigenvalue weighted by Crippen LogP contribution is 2.18. The molecule has 1 aromatic heterocycles. The van der Waals surface area contributed by atoms with Gasteiger partial charge in [0.15, 0.2) is 0 Å². The average Bonchev–Trinajstić information content (AvgIpc) is 2.47. The number of nitrogens with two attached hydrogens (primary N) is 1. The Morgan fingerprint density at radius 2 is 2.54 bits per heavy atom. The largest absolute Gasteiger partial charge is 0.481 e. The predicted octanol–water partition coefficient (Wildman–Crippen LogP) is 1.19. The molecule has 1 heterocycles. The van der Waals surface area contributed by atoms with Gasteiger partial charge in [0.2, 0.25) is 0 Å². The summed E-state index contributed by atoms with van der Waals surface area (Å²) < 4.78 is 4.91. The van der Waals surface area contributed by atoms with Gasteiger partial charge in [-0.2, -0.15) is 0 Å². The topological polar surface area (TPSA) is 89.4 Å². The van der Waals surface area contributed by atoms with E-state index in [1.807, 2.05) is 0 Å². The molecule has 1 rings (SSSR count). The lowest BCUT2D eigenvalue weighted by Crippen LogP contribution is -2.11. The standard InChI is InChI=1S/C7H9ClN2O3/c8-7-10-3-5(13-7)4(9)1-2-6(11)12/h3-4H,1-2,9H2,(H,11,12). The summed E-state index contributed by atoms with van der Waals surface area (Å²) in [5, 5.41) is 8.40. The molecule has 0 aliphatic heterocycles. The molecule has 72 valence electrons. The summed E-state index contributed by atoms with van der Waals surface area (Å²) >= 11 is 5.42. The van der Waals surface area contributed by atoms with Crippen molar-refractivity contribution in [3.63, 3.8) is 0 Å². The molecule has 0 spiro atoms. The van der Waals surface area contributed by atoms with Crippen LogP contribution in [0.1, 0.15) is 24.6 Å². The fraction of sp³-hybridized carbons (Fsp3) is 0.429. The van der Waals surface area contributed by atoms with Crippen molar-refractivity contribution in [2.24, 2.45) is 5.73 Å². The highest BCUT2D eigenvalue weighted by molar-refractivity contribution is 6.27. The summed E-state index contributed by atoms with van der Waals surface area (Å²) in [6.07, 6.45) is 1.70. The van der Waals surface area contributed by atoms with Gasteiger partial charge < -0.3 is 15.3 Å². The summed E-state index contributed by atoms with van der Waals surface area (Å²) in [5.74, 6) is -0.479. The number of carbonyl (C=O) groups is 1. The Balaban J connectivity index is 2.48. The fourth-order valence-electron chi connectivity index (χ4n) is 0.857. The van der Waals surface area contributed by atoms with Crippen LogP contribution in [-0.4, -0.2) is 16.1 Å². The maximum atomic E-state index is 10.2. The number of nitrogens with zero attached hydrogens (tertiary/aromatic N) is 1. The Kier molecular flexibility index (Phi) is 3.27. The zero-order valence-corrected chi connectivity index (χ0v) is 7.49. The molecule has 0 amide bonds. The van der Waals surface area contributed by atoms with Crippen LogP contribution in [0.25, 0.3) is 0 Å². The van der Waals surface area contributed by atoms with Crippen molar-refractivity contribution in [3.8, 4) is 0 Å². The van der Waals surface area contributed by atoms with Crippen LogP contribution < -0.4 is 5.73 Å². The van der Waals surface area contributed by atoms with E-state index < -0.39 is 12.0 Å². The van der Waals surface area contributed by atoms with Crippen molar-refractivity contribution >= 4 is 17.6 Å². The number of carboxylic acids is 1. The van der Waals surface area contributed by atoms with Crippen LogP contribution >= 0.6 is 11.6 Å². The summed E-state index contributed by atoms with van der Waals surface area (Å²) in [7, 11) is 0. The van der Waals surface area contributed by atoms with E-state index in [2.05, 4.69) is 4.98 Å². The summed E-state index contributed by atoms with van der Waals surface area (Å²) in [4.78, 5) is 13.8. The Morgan fingerprint density at radius 3 is 3.00 bits per heavy atom. The molecule has 0 fully saturated rings. The van der Waals surface area contributed by atoms with Crippen LogP contribution in [0.4, 0.5) is 0 Å². The van der Waals surface area contributed by atoms with Gasteiger partial charge >= 0.3 is 5.97 Å². The molecular formula is C7H9ClN2O3. The number of halogens is 1. The van der Waals surface area contributed by atoms with Gasteiger partial charge in [0, 0.05) is 6.42 Å². The van der Waals surface area contributed by atoms with Gasteiger partial charge in [0.25, 0.3) is 5.35 Å². The molecule has 5 nitrogen and oxygen atoms in total. The minimum atomic E-state index is -0.888. The molecular weight excluding hydrogens is 196 g/mol. The summed E-state index contributed by atoms with van der Waals surface area (Å²) in [5.41, 5.74) is 5.60. The van der Waals surface area contributed by atoms with Crippen molar-refractivity contribution in [1.29, 1.82) is 0 Å². The number of oxazole rings is 1. The highest BCUT2D eigenvalue weighted by atomic mass is 35.5. The van der Waals surface area contributed by atoms with Gasteiger partial charge in [-0.1, -0.05) is 0 Å². The van der Waals surface area contributed by atoms with E-state index in [1.54, 1.807) is 0 Å². The second-order valence-corrected chi connectivity index (χ2v) is 2.88. The van der Waals surface area contributed by atoms with Crippen LogP contribution in [0.5, 0.6) is 0 Å². The first-order valence-corrected chi connectivity index (χ1v) is 4.06. The third-order valence-corrected chi connectivity index (χ3v) is 1.70. The molecule has 0 saturated carbocycles. The van der Waals surface area contributed by atoms with Crippen molar-refractivity contribution < 1.29 is 14.3 Å². The van der Waals surface area contributed by atoms with Crippen molar-refractivity contribution in [3.05, 3.63) is 17.3 Å². The number of hydrogen-bond donors (Lipinski definition) is 2. The molecule has 0 aromatic carbocycles. The number of aromatic nitrogens is 1. The second-order valence-electron chi connectivity index (χ2n) is 2.55. The van der Waals surface area contributed by atoms with Crippen LogP contribution in [0.2, 0.25) is 5.35 Å². The fourth-order valence-corrected chi connectivity index (χ4v) is 0.995. The molecule has 0 bridgehead atoms. The molecule has 0 aliphatic rings. The number of rotatable bonds is 4. The maximum absolute atomic E-state index is 10.2. The Labute approximate surface area is 79.5 Å². The lowest BCUT2D eigenvalue weighted by atomic mass is 10.1. The van der Waals surface area contributed by atoms with E-state index in [9.17, 15) is 4.79 Å². The van der Waals surface area contributed by atoms with E-state index in [4.69, 9.17) is 26.9 Å². The third-order valence-electron chi connectivity index (χ3n) is 1.53. The summed E-state index contributed by atoms with van der Waals surface area (Å²) in [6.45, 7) is 0. The predicted molar refractivity (Wildman–Crippen MR) is 45.3 cm³/mol. The first-order valence-electron chi connectivity index (χ1n) is 3.68. The minimum Gasteiger partial charge on any atom is -0.481 e. The number of aliphatic carboxylic acids is 1. The van der Waals surface area contributed by atoms with E-state index in [-0.39, 0.29) is 11.8 Å². The molecule has 1 unspecified atom stereocenters. The van der Waals surface area contributed by atoms with E-state index >= 15 is 0 Å². The van der Waals surface area contributed by atoms with Crippen molar-refractivity contribution in [2.45, 2.75) is 18.9 Å². The normalized spacial score (nSPS) is 12.8. The van der Waals surface area contributed by atoms with Gasteiger partial charge in [-0.05, 0) is 18.0 Å². The zero-order valence-electron chi connectivity index (χ0n) is 6.74. The van der Waals surface area contributed by atoms with Crippen LogP contribution in [0.15, 0.2) is 10.6 Å². The molecule has 13 heavy (non-hydrogen) atoms. The average molecular weight is 205 g/mol. The van der Waals surface area contributed by atoms with Gasteiger partial charge in [-0.25, -0.2) is 4.98 Å². The lowest BCUT2D eigenvalue weighted by molar-refractivity contribution is -0.137. The SMILES string of the molecule is NC(CCC(=O)O)c1cnc(Cl)o1. The second kappa shape index (κ2) is 4.25. The van der Waals surface area contributed by atoms with Crippen LogP contribution in [0, 0.1) is 0 Å². The van der Waals surface area contributed by atoms with E-state index in [0.717, 1.165) is 0 Å². The Morgan fingerprint density at radius 1 is 1.85 bits per heavy atom. The van der Waals surface area contributed by atoms with Crippen LogP contribution in [-0.2, 0) is 4.79 Å². The molecule has 1 aromatic rings. The zero-order chi connectivity index (χ0) is 9.84. The summed E-state index contributed by atoms with van der Waals surface area (Å²) in [6, 6.07) is -0.462. The molecule has 1 atom stereocenters. The third kappa shape index (κ3) is 3.04. The monoisotopic (exact) mass is 204 g/mol. The van der Waals surface area contributed by atoms with Gasteiger partial charge in [0.1, 0.15) is 5.76 Å². The molecule has 6 heteroatoms. The first-order chi connectivity index (χ1) is 6.09. The van der Waals surface area contributed by atoms with Crippen LogP contribution in [0.3, 0.4) is 0 Å². The number of hydrogen-bond acceptors (Lipinski definition) is 4. The first kappa shape index (κ1) is 10.0. The smallest absolute Gasteiger partial charge is 0.303 e. The van der Waals surface area contributed by atoms with E-state index in [0.29, 0.717) is 12.2 Å². The molecule has 0 saturated heterocycles. The minimum absolute atomic E-state index is 0.000510. The number of carboxylic acid groups (broad SMARTS) is 1. The molecule has 3 N–H and O–H groups in total. The molecule has 0 aliphatic carbocycles. The van der Waals surface area contributed by atoms with Crippen molar-refractivity contribution in [1.82, 2.24) is 4.98 Å². The maximum Gasteiger partial charge on any atom is 0.303 e. The lowest BCUT2D eigenvalue weighted by Gasteiger charge is -2.04. The highest BCUT2D eigenvalue weighted by Gasteiger charge is 2.12. The van der Waals surface area contributed by atoms with Gasteiger partial charge in [-0.15, -0.1) is 0 Å². The molecule has 0 radical (unpaired) electrons.